The molecule has 2 atom stereocenters. The molecule has 2 aliphatic rings. The summed E-state index contributed by atoms with van der Waals surface area (Å²) in [5.41, 5.74) is -1.33. The molecule has 0 unspecified atom stereocenters. The van der Waals surface area contributed by atoms with Crippen LogP contribution in [0.3, 0.4) is 0 Å². The Balaban J connectivity index is 2.00. The number of hydrogen-bond acceptors (Lipinski definition) is 6. The lowest BCUT2D eigenvalue weighted by atomic mass is 9.84. The number of halogens is 1. The second-order valence-corrected chi connectivity index (χ2v) is 9.59. The molecule has 7 nitrogen and oxygen atoms in total. The Morgan fingerprint density at radius 2 is 2.15 bits per heavy atom. The molecule has 2 amide bonds. The number of alkyl carbamates (subject to hydrolysis) is 1. The van der Waals surface area contributed by atoms with Crippen LogP contribution in [-0.2, 0) is 15.1 Å². The van der Waals surface area contributed by atoms with Crippen LogP contribution in [0.25, 0.3) is 0 Å². The van der Waals surface area contributed by atoms with Crippen LogP contribution in [0.4, 0.5) is 4.79 Å². The summed E-state index contributed by atoms with van der Waals surface area (Å²) >= 11 is 5.05. The van der Waals surface area contributed by atoms with Gasteiger partial charge < -0.3 is 9.64 Å². The first-order valence-corrected chi connectivity index (χ1v) is 9.99. The van der Waals surface area contributed by atoms with Crippen molar-refractivity contribution in [3.05, 3.63) is 20.8 Å². The van der Waals surface area contributed by atoms with E-state index in [1.54, 1.807) is 39.2 Å². The maximum Gasteiger partial charge on any atom is 0.414 e. The topological polar surface area (TPSA) is 74.2 Å². The number of fused-ring (bicyclic) bond motifs is 1. The minimum Gasteiger partial charge on any atom is -0.444 e. The molecule has 0 saturated carbocycles. The van der Waals surface area contributed by atoms with Gasteiger partial charge >= 0.3 is 6.09 Å². The number of rotatable bonds is 1. The van der Waals surface area contributed by atoms with Gasteiger partial charge in [0.15, 0.2) is 0 Å². The lowest BCUT2D eigenvalue weighted by molar-refractivity contribution is -0.132. The fourth-order valence-corrected chi connectivity index (χ4v) is 5.02. The van der Waals surface area contributed by atoms with Crippen LogP contribution in [0, 0.1) is 5.92 Å². The molecule has 0 bridgehead atoms. The number of ether oxygens (including phenoxy) is 1. The van der Waals surface area contributed by atoms with Crippen LogP contribution in [-0.4, -0.2) is 60.5 Å². The van der Waals surface area contributed by atoms with Crippen molar-refractivity contribution in [2.24, 2.45) is 10.9 Å². The Kier molecular flexibility index (Phi) is 4.91. The van der Waals surface area contributed by atoms with Crippen molar-refractivity contribution in [2.75, 3.05) is 27.2 Å². The highest BCUT2D eigenvalue weighted by Crippen LogP contribution is 2.46. The van der Waals surface area contributed by atoms with E-state index in [2.05, 4.69) is 26.1 Å². The summed E-state index contributed by atoms with van der Waals surface area (Å²) in [5.74, 6) is -0.118. The Labute approximate surface area is 165 Å². The highest BCUT2D eigenvalue weighted by Gasteiger charge is 2.55. The summed E-state index contributed by atoms with van der Waals surface area (Å²) in [5, 5.41) is 4.64. The lowest BCUT2D eigenvalue weighted by Crippen LogP contribution is -2.56. The average molecular weight is 443 g/mol. The van der Waals surface area contributed by atoms with Crippen LogP contribution in [0.2, 0.25) is 0 Å². The van der Waals surface area contributed by atoms with Crippen molar-refractivity contribution >= 4 is 45.2 Å². The number of carbonyl (C=O) groups is 2. The van der Waals surface area contributed by atoms with Gasteiger partial charge in [-0.15, -0.1) is 11.3 Å². The van der Waals surface area contributed by atoms with Crippen LogP contribution in [0.5, 0.6) is 0 Å². The van der Waals surface area contributed by atoms with E-state index in [0.717, 1.165) is 9.35 Å². The van der Waals surface area contributed by atoms with Crippen molar-refractivity contribution in [3.63, 3.8) is 0 Å². The van der Waals surface area contributed by atoms with E-state index in [0.29, 0.717) is 13.1 Å². The third kappa shape index (κ3) is 3.52. The molecular formula is C17H23BrN4O3S. The molecule has 1 saturated heterocycles. The van der Waals surface area contributed by atoms with E-state index in [1.165, 1.54) is 4.90 Å². The minimum absolute atomic E-state index is 0.0556. The monoisotopic (exact) mass is 442 g/mol. The average Bonchev–Trinajstić information content (AvgIpc) is 3.07. The fourth-order valence-electron chi connectivity index (χ4n) is 3.40. The zero-order chi connectivity index (χ0) is 19.3. The van der Waals surface area contributed by atoms with Gasteiger partial charge in [0, 0.05) is 34.9 Å². The van der Waals surface area contributed by atoms with Crippen LogP contribution in [0.15, 0.2) is 20.9 Å². The first kappa shape index (κ1) is 19.3. The molecule has 1 aromatic heterocycles. The number of amides is 2. The number of aliphatic imine (C=N–C) groups is 1. The largest absolute Gasteiger partial charge is 0.444 e. The smallest absolute Gasteiger partial charge is 0.414 e. The summed E-state index contributed by atoms with van der Waals surface area (Å²) in [6, 6.07) is 2.00. The van der Waals surface area contributed by atoms with E-state index < -0.39 is 17.2 Å². The molecule has 3 heterocycles. The first-order chi connectivity index (χ1) is 12.0. The molecule has 3 rings (SSSR count). The van der Waals surface area contributed by atoms with Gasteiger partial charge in [0.2, 0.25) is 11.9 Å². The number of likely N-dealkylation sites (tertiary alicyclic amines) is 1. The highest BCUT2D eigenvalue weighted by atomic mass is 79.9. The van der Waals surface area contributed by atoms with Gasteiger partial charge in [-0.1, -0.05) is 0 Å². The number of nitrogens with zero attached hydrogens (tertiary/aromatic N) is 3. The number of likely N-dealkylation sites (N-methyl/N-ethyl adjacent to an activating group) is 1. The predicted octanol–water partition coefficient (Wildman–Crippen LogP) is 2.62. The summed E-state index contributed by atoms with van der Waals surface area (Å²) in [6.45, 7) is 6.61. The highest BCUT2D eigenvalue weighted by molar-refractivity contribution is 9.10. The van der Waals surface area contributed by atoms with Gasteiger partial charge in [-0.3, -0.25) is 15.0 Å². The first-order valence-electron chi connectivity index (χ1n) is 8.32. The molecule has 1 N–H and O–H groups in total. The van der Waals surface area contributed by atoms with E-state index in [4.69, 9.17) is 9.73 Å². The number of thiophene rings is 1. The predicted molar refractivity (Wildman–Crippen MR) is 104 cm³/mol. The molecule has 9 heteroatoms. The maximum absolute atomic E-state index is 13.0. The Morgan fingerprint density at radius 1 is 1.46 bits per heavy atom. The lowest BCUT2D eigenvalue weighted by Gasteiger charge is -2.38. The molecule has 2 aliphatic heterocycles. The van der Waals surface area contributed by atoms with Crippen molar-refractivity contribution in [3.8, 4) is 0 Å². The Hall–Kier alpha value is -1.45. The third-order valence-electron chi connectivity index (χ3n) is 4.44. The summed E-state index contributed by atoms with van der Waals surface area (Å²) in [7, 11) is 3.61. The van der Waals surface area contributed by atoms with Crippen molar-refractivity contribution < 1.29 is 14.3 Å². The van der Waals surface area contributed by atoms with E-state index in [-0.39, 0.29) is 17.8 Å². The van der Waals surface area contributed by atoms with Gasteiger partial charge in [-0.2, -0.15) is 0 Å². The molecule has 0 aliphatic carbocycles. The second kappa shape index (κ2) is 6.61. The van der Waals surface area contributed by atoms with E-state index in [9.17, 15) is 9.59 Å². The van der Waals surface area contributed by atoms with Crippen LogP contribution < -0.4 is 5.32 Å². The van der Waals surface area contributed by atoms with Gasteiger partial charge in [0.05, 0.1) is 5.92 Å². The van der Waals surface area contributed by atoms with Crippen LogP contribution in [0.1, 0.15) is 25.6 Å². The van der Waals surface area contributed by atoms with Crippen molar-refractivity contribution in [1.29, 1.82) is 0 Å². The summed E-state index contributed by atoms with van der Waals surface area (Å²) in [6.07, 6.45) is -0.622. The molecule has 0 spiro atoms. The zero-order valence-electron chi connectivity index (χ0n) is 15.5. The number of carbonyl (C=O) groups excluding carboxylic acids is 2. The quantitative estimate of drug-likeness (QED) is 0.725. The summed E-state index contributed by atoms with van der Waals surface area (Å²) < 4.78 is 6.28. The SMILES string of the molecule is CN1C[C@H]2C(=O)N(C)C(NC(=O)OC(C)(C)C)=N[C@@]2(c2cc(Br)cs2)C1. The molecule has 26 heavy (non-hydrogen) atoms. The minimum atomic E-state index is -0.695. The zero-order valence-corrected chi connectivity index (χ0v) is 17.9. The van der Waals surface area contributed by atoms with E-state index >= 15 is 0 Å². The second-order valence-electron chi connectivity index (χ2n) is 7.76. The fraction of sp³-hybridized carbons (Fsp3) is 0.588. The molecular weight excluding hydrogens is 420 g/mol. The molecule has 142 valence electrons. The number of nitrogens with one attached hydrogen (secondary N) is 1. The van der Waals surface area contributed by atoms with Gasteiger partial charge in [0.25, 0.3) is 0 Å². The van der Waals surface area contributed by atoms with Gasteiger partial charge in [-0.25, -0.2) is 9.79 Å². The Morgan fingerprint density at radius 3 is 2.73 bits per heavy atom. The standard InChI is InChI=1S/C17H23BrN4O3S/c1-16(2,3)25-15(24)19-14-20-17(12-6-10(18)8-26-12)9-21(4)7-11(17)13(23)22(14)5/h6,8,11H,7,9H2,1-5H3,(H,19,20,24)/t11-,17-/m0/s1. The number of guanidine groups is 1. The molecule has 1 fully saturated rings. The van der Waals surface area contributed by atoms with Crippen molar-refractivity contribution in [2.45, 2.75) is 31.9 Å². The maximum atomic E-state index is 13.0. The Bertz CT molecular complexity index is 772. The third-order valence-corrected chi connectivity index (χ3v) is 6.30. The molecule has 0 aromatic carbocycles. The normalized spacial score (nSPS) is 26.5. The summed E-state index contributed by atoms with van der Waals surface area (Å²) in [4.78, 5) is 34.6. The molecule has 0 radical (unpaired) electrons. The van der Waals surface area contributed by atoms with Gasteiger partial charge in [0.1, 0.15) is 11.1 Å². The van der Waals surface area contributed by atoms with Crippen LogP contribution >= 0.6 is 27.3 Å². The van der Waals surface area contributed by atoms with Gasteiger partial charge in [-0.05, 0) is 49.8 Å². The van der Waals surface area contributed by atoms with E-state index in [1.807, 2.05) is 18.5 Å². The number of hydrogen-bond donors (Lipinski definition) is 1. The van der Waals surface area contributed by atoms with Crippen molar-refractivity contribution in [1.82, 2.24) is 15.1 Å². The molecule has 1 aromatic rings.